The van der Waals surface area contributed by atoms with Crippen molar-refractivity contribution >= 4 is 39.1 Å². The van der Waals surface area contributed by atoms with Gasteiger partial charge in [-0.1, -0.05) is 192 Å². The van der Waals surface area contributed by atoms with E-state index in [9.17, 15) is 4.79 Å². The third-order valence-electron chi connectivity index (χ3n) is 17.2. The third kappa shape index (κ3) is 22.5. The number of carbonyl (C=O) groups excluding carboxylic acids is 1. The molecule has 0 bridgehead atoms. The molecule has 420 valence electrons. The second-order valence-electron chi connectivity index (χ2n) is 27.9. The first kappa shape index (κ1) is 69.1. The molecule has 0 fully saturated rings. The van der Waals surface area contributed by atoms with E-state index in [-0.39, 0.29) is 85.9 Å². The quantitative estimate of drug-likeness (QED) is 0.0329. The zero-order valence-corrected chi connectivity index (χ0v) is 56.2. The first-order chi connectivity index (χ1) is 33.0. The lowest BCUT2D eigenvalue weighted by Crippen LogP contribution is -2.48. The topological polar surface area (TPSA) is 72.5 Å². The fourth-order valence-electron chi connectivity index (χ4n) is 7.81. The van der Waals surface area contributed by atoms with Crippen LogP contribution < -0.4 is 4.74 Å². The smallest absolute Gasteiger partial charge is 0.192 e. The normalized spacial score (nSPS) is 18.5. The Balaban J connectivity index is 3.68. The number of methoxy groups -OCH3 is 1. The van der Waals surface area contributed by atoms with E-state index < -0.39 is 33.3 Å². The van der Waals surface area contributed by atoms with Crippen LogP contribution in [0.2, 0.25) is 72.5 Å². The number of benzene rings is 1. The van der Waals surface area contributed by atoms with E-state index in [4.69, 9.17) is 27.2 Å². The van der Waals surface area contributed by atoms with E-state index in [1.165, 1.54) is 0 Å². The molecular formula is C62H114O7Si4. The van der Waals surface area contributed by atoms with Gasteiger partial charge in [-0.15, -0.1) is 0 Å². The van der Waals surface area contributed by atoms with Crippen molar-refractivity contribution in [2.45, 2.75) is 241 Å². The number of ether oxygens (including phenoxy) is 2. The van der Waals surface area contributed by atoms with Gasteiger partial charge in [0, 0.05) is 18.3 Å². The lowest BCUT2D eigenvalue weighted by molar-refractivity contribution is -0.124. The first-order valence-electron chi connectivity index (χ1n) is 27.8. The predicted molar refractivity (Wildman–Crippen MR) is 327 cm³/mol. The average Bonchev–Trinajstić information content (AvgIpc) is 3.25. The summed E-state index contributed by atoms with van der Waals surface area (Å²) in [6.45, 7) is 64.8. The van der Waals surface area contributed by atoms with Crippen molar-refractivity contribution < 1.29 is 32.0 Å². The summed E-state index contributed by atoms with van der Waals surface area (Å²) in [6, 6.07) is 7.88. The lowest BCUT2D eigenvalue weighted by atomic mass is 9.85. The van der Waals surface area contributed by atoms with Gasteiger partial charge in [-0.25, -0.2) is 0 Å². The molecule has 0 heterocycles. The van der Waals surface area contributed by atoms with Gasteiger partial charge in [0.1, 0.15) is 5.75 Å². The molecule has 0 aromatic heterocycles. The minimum absolute atomic E-state index is 0.00375. The molecule has 0 saturated carbocycles. The van der Waals surface area contributed by atoms with Crippen molar-refractivity contribution in [1.29, 1.82) is 0 Å². The standard InChI is InChI=1S/C62H114O7Si4/c1-29-30-32-48(4)58(65-45-52-36-39-53(64-20)40-37-52)51(7)55(63)41-34-46(2)43-50(6)57(69-73(27,28)62(17,18)19)49(5)35-38-54(67-71(23,24)60(11,12)13)44-56(68-72(25,26)61(14,15)16)47(3)33-31-42-66-70(21,22)59(8,9)10/h29-41,46-51,54,56-58H,1,42-45H2,2-28H3/b32-30-,33-31+,38-35-,41-34+/t46-,47+,48-,49-,50-,51-,54+,56-,57-,58-/m0/s1. The molecule has 1 rings (SSSR count). The molecule has 0 radical (unpaired) electrons. The van der Waals surface area contributed by atoms with Crippen LogP contribution in [0.15, 0.2) is 85.5 Å². The van der Waals surface area contributed by atoms with Gasteiger partial charge in [-0.2, -0.15) is 0 Å². The first-order valence-corrected chi connectivity index (χ1v) is 39.5. The van der Waals surface area contributed by atoms with E-state index in [1.54, 1.807) is 19.3 Å². The van der Waals surface area contributed by atoms with E-state index in [2.05, 4.69) is 213 Å². The molecule has 0 saturated heterocycles. The number of carbonyl (C=O) groups is 1. The molecule has 0 N–H and O–H groups in total. The molecule has 7 nitrogen and oxygen atoms in total. The van der Waals surface area contributed by atoms with Crippen LogP contribution in [0.25, 0.3) is 0 Å². The highest BCUT2D eigenvalue weighted by atomic mass is 28.4. The van der Waals surface area contributed by atoms with Gasteiger partial charge >= 0.3 is 0 Å². The van der Waals surface area contributed by atoms with Crippen LogP contribution in [0.4, 0.5) is 0 Å². The van der Waals surface area contributed by atoms with Gasteiger partial charge in [0.25, 0.3) is 0 Å². The van der Waals surface area contributed by atoms with Crippen molar-refractivity contribution in [3.8, 4) is 5.75 Å². The van der Waals surface area contributed by atoms with Gasteiger partial charge in [0.15, 0.2) is 39.1 Å². The maximum atomic E-state index is 14.0. The Bertz CT molecular complexity index is 1920. The van der Waals surface area contributed by atoms with E-state index in [0.717, 1.165) is 24.2 Å². The number of hydrogen-bond donors (Lipinski definition) is 0. The summed E-state index contributed by atoms with van der Waals surface area (Å²) in [4.78, 5) is 14.0. The maximum Gasteiger partial charge on any atom is 0.192 e. The molecule has 10 atom stereocenters. The van der Waals surface area contributed by atoms with Crippen LogP contribution in [0.3, 0.4) is 0 Å². The van der Waals surface area contributed by atoms with Crippen molar-refractivity contribution in [2.75, 3.05) is 13.7 Å². The minimum Gasteiger partial charge on any atom is -0.497 e. The molecule has 0 spiro atoms. The molecule has 0 aliphatic rings. The zero-order valence-electron chi connectivity index (χ0n) is 52.2. The Morgan fingerprint density at radius 2 is 1.08 bits per heavy atom. The molecule has 0 aliphatic carbocycles. The number of ketones is 1. The summed E-state index contributed by atoms with van der Waals surface area (Å²) in [5.74, 6) is 1.13. The van der Waals surface area contributed by atoms with Crippen LogP contribution in [0.5, 0.6) is 5.75 Å². The van der Waals surface area contributed by atoms with Crippen LogP contribution >= 0.6 is 0 Å². The monoisotopic (exact) mass is 1080 g/mol. The molecule has 1 aromatic carbocycles. The van der Waals surface area contributed by atoms with Crippen LogP contribution in [0.1, 0.15) is 143 Å². The highest BCUT2D eigenvalue weighted by molar-refractivity contribution is 6.75. The highest BCUT2D eigenvalue weighted by Gasteiger charge is 2.44. The number of allylic oxidation sites excluding steroid dienone is 4. The SMILES string of the molecule is C=C/C=C\[C@H](C)[C@H](OCc1ccc(OC)cc1)[C@@H](C)C(=O)/C=C/[C@H](C)C[C@H](C)[C@@H](O[Si](C)(C)C(C)(C)C)[C@@H](C)/C=C\[C@H](C[C@H](O[Si](C)(C)C(C)(C)C)[C@H](C)/C=C/CO[Si](C)(C)C(C)(C)C)O[Si](C)(C)C(C)(C)C. The maximum absolute atomic E-state index is 14.0. The Morgan fingerprint density at radius 3 is 1.58 bits per heavy atom. The number of rotatable bonds is 30. The Kier molecular flexibility index (Phi) is 27.1. The van der Waals surface area contributed by atoms with Crippen molar-refractivity contribution in [2.24, 2.45) is 35.5 Å². The summed E-state index contributed by atoms with van der Waals surface area (Å²) in [7, 11) is -6.82. The van der Waals surface area contributed by atoms with Crippen molar-refractivity contribution in [3.63, 3.8) is 0 Å². The van der Waals surface area contributed by atoms with Crippen LogP contribution in [0, 0.1) is 35.5 Å². The fraction of sp³-hybridized carbons (Fsp3) is 0.726. The molecular weight excluding hydrogens is 969 g/mol. The largest absolute Gasteiger partial charge is 0.497 e. The fourth-order valence-corrected chi connectivity index (χ4v) is 12.9. The molecule has 1 aromatic rings. The van der Waals surface area contributed by atoms with Gasteiger partial charge in [0.2, 0.25) is 0 Å². The van der Waals surface area contributed by atoms with Gasteiger partial charge in [0.05, 0.1) is 44.7 Å². The molecule has 73 heavy (non-hydrogen) atoms. The summed E-state index contributed by atoms with van der Waals surface area (Å²) >= 11 is 0. The van der Waals surface area contributed by atoms with E-state index in [1.807, 2.05) is 37.3 Å². The third-order valence-corrected chi connectivity index (χ3v) is 35.2. The van der Waals surface area contributed by atoms with Crippen molar-refractivity contribution in [1.82, 2.24) is 0 Å². The highest BCUT2D eigenvalue weighted by Crippen LogP contribution is 2.43. The summed E-state index contributed by atoms with van der Waals surface area (Å²) in [6.07, 6.45) is 20.1. The molecule has 0 unspecified atom stereocenters. The van der Waals surface area contributed by atoms with Gasteiger partial charge in [-0.05, 0) is 126 Å². The van der Waals surface area contributed by atoms with Gasteiger partial charge in [-0.3, -0.25) is 4.79 Å². The average molecular weight is 1080 g/mol. The summed E-state index contributed by atoms with van der Waals surface area (Å²) < 4.78 is 40.7. The lowest BCUT2D eigenvalue weighted by Gasteiger charge is -2.43. The van der Waals surface area contributed by atoms with Crippen LogP contribution in [-0.2, 0) is 33.8 Å². The Morgan fingerprint density at radius 1 is 0.589 bits per heavy atom. The molecule has 0 aliphatic heterocycles. The summed E-state index contributed by atoms with van der Waals surface area (Å²) in [5, 5.41) is 0.278. The van der Waals surface area contributed by atoms with Crippen LogP contribution in [-0.4, -0.2) is 77.2 Å². The predicted octanol–water partition coefficient (Wildman–Crippen LogP) is 18.4. The molecule has 0 amide bonds. The Hall–Kier alpha value is -1.94. The molecule has 11 heteroatoms. The second kappa shape index (κ2) is 28.6. The van der Waals surface area contributed by atoms with Crippen molar-refractivity contribution in [3.05, 3.63) is 91.1 Å². The summed E-state index contributed by atoms with van der Waals surface area (Å²) in [5.41, 5.74) is 1.03. The zero-order chi connectivity index (χ0) is 56.8. The van der Waals surface area contributed by atoms with E-state index >= 15 is 0 Å². The minimum atomic E-state index is -2.22. The van der Waals surface area contributed by atoms with Gasteiger partial charge < -0.3 is 27.2 Å². The van der Waals surface area contributed by atoms with E-state index in [0.29, 0.717) is 13.2 Å². The Labute approximate surface area is 455 Å². The number of hydrogen-bond acceptors (Lipinski definition) is 7. The second-order valence-corrected chi connectivity index (χ2v) is 46.9.